The monoisotopic (exact) mass is 453 g/mol. The van der Waals surface area contributed by atoms with Crippen LogP contribution in [0.4, 0.5) is 5.69 Å². The van der Waals surface area contributed by atoms with Crippen LogP contribution in [0.1, 0.15) is 11.1 Å². The zero-order valence-corrected chi connectivity index (χ0v) is 19.3. The van der Waals surface area contributed by atoms with Crippen molar-refractivity contribution < 1.29 is 4.79 Å². The molecule has 1 amide bonds. The van der Waals surface area contributed by atoms with Gasteiger partial charge >= 0.3 is 0 Å². The number of hydrogen-bond donors (Lipinski definition) is 0. The maximum absolute atomic E-state index is 13.0. The van der Waals surface area contributed by atoms with Crippen molar-refractivity contribution in [1.29, 1.82) is 5.26 Å². The highest BCUT2D eigenvalue weighted by molar-refractivity contribution is 7.99. The molecule has 0 saturated heterocycles. The van der Waals surface area contributed by atoms with Gasteiger partial charge in [-0.2, -0.15) is 5.26 Å². The normalized spacial score (nSPS) is 10.6. The summed E-state index contributed by atoms with van der Waals surface area (Å²) in [5.41, 5.74) is 4.94. The largest absolute Gasteiger partial charge is 0.298 e. The van der Waals surface area contributed by atoms with Crippen molar-refractivity contribution in [2.45, 2.75) is 19.0 Å². The molecule has 0 unspecified atom stereocenters. The number of carbonyl (C=O) groups is 1. The second-order valence-corrected chi connectivity index (χ2v) is 8.48. The number of aromatic nitrogens is 3. The number of anilines is 1. The van der Waals surface area contributed by atoms with E-state index in [0.29, 0.717) is 16.7 Å². The molecule has 33 heavy (non-hydrogen) atoms. The van der Waals surface area contributed by atoms with E-state index < -0.39 is 0 Å². The molecule has 6 nitrogen and oxygen atoms in total. The summed E-state index contributed by atoms with van der Waals surface area (Å²) in [6.45, 7) is 4.13. The first-order valence-corrected chi connectivity index (χ1v) is 11.5. The Morgan fingerprint density at radius 1 is 0.970 bits per heavy atom. The summed E-state index contributed by atoms with van der Waals surface area (Å²) in [4.78, 5) is 14.5. The minimum atomic E-state index is -0.163. The lowest BCUT2D eigenvalue weighted by Gasteiger charge is -2.19. The van der Waals surface area contributed by atoms with E-state index in [4.69, 9.17) is 0 Å². The predicted molar refractivity (Wildman–Crippen MR) is 131 cm³/mol. The smallest absolute Gasteiger partial charge is 0.238 e. The van der Waals surface area contributed by atoms with E-state index in [1.54, 1.807) is 0 Å². The summed E-state index contributed by atoms with van der Waals surface area (Å²) in [7, 11) is 0. The van der Waals surface area contributed by atoms with Crippen molar-refractivity contribution in [1.82, 2.24) is 14.8 Å². The van der Waals surface area contributed by atoms with E-state index in [0.717, 1.165) is 16.8 Å². The van der Waals surface area contributed by atoms with E-state index in [1.165, 1.54) is 22.2 Å². The van der Waals surface area contributed by atoms with Crippen molar-refractivity contribution in [3.63, 3.8) is 0 Å². The summed E-state index contributed by atoms with van der Waals surface area (Å²) in [5, 5.41) is 18.7. The van der Waals surface area contributed by atoms with Gasteiger partial charge in [-0.25, -0.2) is 0 Å². The topological polar surface area (TPSA) is 74.8 Å². The molecular weight excluding hydrogens is 430 g/mol. The number of carbonyl (C=O) groups excluding carboxylic acids is 1. The summed E-state index contributed by atoms with van der Waals surface area (Å²) in [6.07, 6.45) is 0. The van der Waals surface area contributed by atoms with Crippen LogP contribution in [-0.4, -0.2) is 33.0 Å². The first kappa shape index (κ1) is 22.3. The van der Waals surface area contributed by atoms with E-state index in [9.17, 15) is 10.1 Å². The van der Waals surface area contributed by atoms with Crippen LogP contribution in [0.25, 0.3) is 17.1 Å². The molecule has 0 bridgehead atoms. The van der Waals surface area contributed by atoms with Crippen molar-refractivity contribution >= 4 is 23.4 Å². The van der Waals surface area contributed by atoms with Gasteiger partial charge in [-0.05, 0) is 49.2 Å². The van der Waals surface area contributed by atoms with Gasteiger partial charge in [0.25, 0.3) is 0 Å². The predicted octanol–water partition coefficient (Wildman–Crippen LogP) is 5.20. The molecule has 0 atom stereocenters. The van der Waals surface area contributed by atoms with Crippen molar-refractivity contribution in [3.05, 3.63) is 90.0 Å². The van der Waals surface area contributed by atoms with Crippen LogP contribution in [0.3, 0.4) is 0 Å². The molecular formula is C26H23N5OS. The Kier molecular flexibility index (Phi) is 6.86. The molecule has 1 aromatic heterocycles. The van der Waals surface area contributed by atoms with Crippen LogP contribution in [0, 0.1) is 25.2 Å². The fraction of sp³-hybridized carbons (Fsp3) is 0.154. The van der Waals surface area contributed by atoms with Crippen molar-refractivity contribution in [3.8, 4) is 23.1 Å². The average molecular weight is 454 g/mol. The first-order valence-electron chi connectivity index (χ1n) is 10.5. The van der Waals surface area contributed by atoms with E-state index in [2.05, 4.69) is 42.2 Å². The minimum Gasteiger partial charge on any atom is -0.298 e. The molecule has 1 heterocycles. The van der Waals surface area contributed by atoms with Crippen molar-refractivity contribution in [2.24, 2.45) is 0 Å². The highest BCUT2D eigenvalue weighted by Crippen LogP contribution is 2.29. The number of amides is 1. The lowest BCUT2D eigenvalue weighted by molar-refractivity contribution is -0.116. The second kappa shape index (κ2) is 10.2. The van der Waals surface area contributed by atoms with Crippen LogP contribution in [0.5, 0.6) is 0 Å². The molecule has 0 fully saturated rings. The van der Waals surface area contributed by atoms with Crippen LogP contribution in [-0.2, 0) is 4.79 Å². The summed E-state index contributed by atoms with van der Waals surface area (Å²) in [5.74, 6) is 0.684. The Balaban J connectivity index is 1.66. The zero-order valence-electron chi connectivity index (χ0n) is 18.5. The summed E-state index contributed by atoms with van der Waals surface area (Å²) < 4.78 is 1.98. The fourth-order valence-corrected chi connectivity index (χ4v) is 4.27. The number of benzene rings is 3. The Morgan fingerprint density at radius 2 is 1.67 bits per heavy atom. The Labute approximate surface area is 197 Å². The third kappa shape index (κ3) is 4.97. The Morgan fingerprint density at radius 3 is 2.33 bits per heavy atom. The highest BCUT2D eigenvalue weighted by atomic mass is 32.2. The van der Waals surface area contributed by atoms with Gasteiger partial charge in [-0.1, -0.05) is 66.4 Å². The number of para-hydroxylation sites is 1. The third-order valence-electron chi connectivity index (χ3n) is 5.34. The third-order valence-corrected chi connectivity index (χ3v) is 6.25. The van der Waals surface area contributed by atoms with E-state index in [1.807, 2.05) is 71.3 Å². The standard InChI is InChI=1S/C26H23N5OS/c1-19-13-14-23(17-20(19)2)31-25(21-9-5-3-6-10-21)28-29-26(31)33-18-24(32)30(16-15-27)22-11-7-4-8-12-22/h3-14,17H,16,18H2,1-2H3. The number of rotatable bonds is 7. The molecule has 0 saturated carbocycles. The van der Waals surface area contributed by atoms with Gasteiger partial charge in [-0.3, -0.25) is 14.3 Å². The van der Waals surface area contributed by atoms with Gasteiger partial charge in [0.1, 0.15) is 6.54 Å². The lowest BCUT2D eigenvalue weighted by atomic mass is 10.1. The number of thioether (sulfide) groups is 1. The number of hydrogen-bond acceptors (Lipinski definition) is 5. The molecule has 0 aliphatic rings. The van der Waals surface area contributed by atoms with Crippen LogP contribution in [0.2, 0.25) is 0 Å². The maximum Gasteiger partial charge on any atom is 0.238 e. The summed E-state index contributed by atoms with van der Waals surface area (Å²) in [6, 6.07) is 27.4. The maximum atomic E-state index is 13.0. The molecule has 0 aliphatic heterocycles. The molecule has 7 heteroatoms. The zero-order chi connectivity index (χ0) is 23.2. The second-order valence-electron chi connectivity index (χ2n) is 7.54. The van der Waals surface area contributed by atoms with Crippen LogP contribution < -0.4 is 4.90 Å². The van der Waals surface area contributed by atoms with Gasteiger partial charge in [0.2, 0.25) is 5.91 Å². The Bertz CT molecular complexity index is 1300. The number of nitrogens with zero attached hydrogens (tertiary/aromatic N) is 5. The summed E-state index contributed by atoms with van der Waals surface area (Å²) >= 11 is 1.31. The van der Waals surface area contributed by atoms with E-state index >= 15 is 0 Å². The van der Waals surface area contributed by atoms with Crippen LogP contribution in [0.15, 0.2) is 84.0 Å². The molecule has 0 aliphatic carbocycles. The van der Waals surface area contributed by atoms with Crippen molar-refractivity contribution in [2.75, 3.05) is 17.2 Å². The molecule has 4 rings (SSSR count). The molecule has 0 N–H and O–H groups in total. The van der Waals surface area contributed by atoms with Gasteiger partial charge in [0.15, 0.2) is 11.0 Å². The molecule has 3 aromatic carbocycles. The molecule has 0 spiro atoms. The first-order chi connectivity index (χ1) is 16.1. The van der Waals surface area contributed by atoms with Crippen LogP contribution >= 0.6 is 11.8 Å². The SMILES string of the molecule is Cc1ccc(-n2c(SCC(=O)N(CC#N)c3ccccc3)nnc2-c2ccccc2)cc1C. The van der Waals surface area contributed by atoms with Gasteiger partial charge in [0, 0.05) is 11.3 Å². The Hall–Kier alpha value is -3.89. The van der Waals surface area contributed by atoms with Gasteiger partial charge in [-0.15, -0.1) is 10.2 Å². The van der Waals surface area contributed by atoms with E-state index in [-0.39, 0.29) is 18.2 Å². The lowest BCUT2D eigenvalue weighted by Crippen LogP contribution is -2.32. The number of aryl methyl sites for hydroxylation is 2. The van der Waals surface area contributed by atoms with Gasteiger partial charge in [0.05, 0.1) is 17.5 Å². The minimum absolute atomic E-state index is 0.0114. The van der Waals surface area contributed by atoms with Gasteiger partial charge < -0.3 is 0 Å². The molecule has 164 valence electrons. The highest BCUT2D eigenvalue weighted by Gasteiger charge is 2.20. The quantitative estimate of drug-likeness (QED) is 0.284. The fourth-order valence-electron chi connectivity index (χ4n) is 3.44. The molecule has 4 aromatic rings. The molecule has 0 radical (unpaired) electrons. The number of nitriles is 1. The average Bonchev–Trinajstić information content (AvgIpc) is 3.28.